The molecule has 1 aromatic heterocycles. The number of aromatic amines is 1. The fourth-order valence-electron chi connectivity index (χ4n) is 1.43. The lowest BCUT2D eigenvalue weighted by Crippen LogP contribution is -1.92. The van der Waals surface area contributed by atoms with Gasteiger partial charge in [-0.05, 0) is 30.7 Å². The molecule has 1 heterocycles. The third kappa shape index (κ3) is 1.84. The molecule has 78 valence electrons. The number of nitriles is 1. The van der Waals surface area contributed by atoms with Crippen molar-refractivity contribution in [2.24, 2.45) is 0 Å². The Hall–Kier alpha value is -2.41. The van der Waals surface area contributed by atoms with E-state index in [1.54, 1.807) is 12.3 Å². The zero-order valence-electron chi connectivity index (χ0n) is 8.69. The predicted molar refractivity (Wildman–Crippen MR) is 60.4 cm³/mol. The van der Waals surface area contributed by atoms with Crippen molar-refractivity contribution in [2.75, 3.05) is 0 Å². The van der Waals surface area contributed by atoms with E-state index in [1.807, 2.05) is 24.3 Å². The van der Waals surface area contributed by atoms with Gasteiger partial charge in [0.1, 0.15) is 6.07 Å². The molecule has 2 aromatic rings. The molecule has 0 bridgehead atoms. The molecule has 0 amide bonds. The van der Waals surface area contributed by atoms with Crippen LogP contribution in [0.2, 0.25) is 0 Å². The maximum absolute atomic E-state index is 11.1. The van der Waals surface area contributed by atoms with Crippen LogP contribution < -0.4 is 0 Å². The quantitative estimate of drug-likeness (QED) is 0.610. The highest BCUT2D eigenvalue weighted by atomic mass is 16.1. The van der Waals surface area contributed by atoms with Crippen LogP contribution in [-0.2, 0) is 4.79 Å². The minimum absolute atomic E-state index is 0.155. The van der Waals surface area contributed by atoms with Crippen molar-refractivity contribution in [3.63, 3.8) is 0 Å². The Bertz CT molecular complexity index is 616. The summed E-state index contributed by atoms with van der Waals surface area (Å²) in [6.45, 7) is 1.38. The van der Waals surface area contributed by atoms with E-state index in [4.69, 9.17) is 5.26 Å². The number of H-pyrrole nitrogens is 1. The Kier molecular flexibility index (Phi) is 2.52. The van der Waals surface area contributed by atoms with Gasteiger partial charge in [0.15, 0.2) is 5.78 Å². The standard InChI is InChI=1S/C12H9N3O/c1-8(16)10(6-13)4-9-2-3-12-11(5-9)7-14-15-12/h2-5,7H,1H3,(H,14,15). The summed E-state index contributed by atoms with van der Waals surface area (Å²) in [7, 11) is 0. The lowest BCUT2D eigenvalue weighted by molar-refractivity contribution is -0.113. The number of rotatable bonds is 2. The zero-order valence-corrected chi connectivity index (χ0v) is 8.69. The van der Waals surface area contributed by atoms with Crippen LogP contribution in [0.3, 0.4) is 0 Å². The summed E-state index contributed by atoms with van der Waals surface area (Å²) in [5, 5.41) is 16.5. The molecular weight excluding hydrogens is 202 g/mol. The second-order valence-electron chi connectivity index (χ2n) is 3.44. The van der Waals surface area contributed by atoms with E-state index in [0.717, 1.165) is 16.5 Å². The van der Waals surface area contributed by atoms with Crippen molar-refractivity contribution in [3.05, 3.63) is 35.5 Å². The van der Waals surface area contributed by atoms with Crippen LogP contribution in [0, 0.1) is 11.3 Å². The Morgan fingerprint density at radius 3 is 3.06 bits per heavy atom. The molecule has 0 radical (unpaired) electrons. The van der Waals surface area contributed by atoms with Crippen molar-refractivity contribution >= 4 is 22.8 Å². The number of nitrogens with zero attached hydrogens (tertiary/aromatic N) is 2. The highest BCUT2D eigenvalue weighted by molar-refractivity contribution is 6.01. The molecule has 16 heavy (non-hydrogen) atoms. The number of nitrogens with one attached hydrogen (secondary N) is 1. The van der Waals surface area contributed by atoms with Gasteiger partial charge in [-0.15, -0.1) is 0 Å². The maximum Gasteiger partial charge on any atom is 0.170 e. The number of aromatic nitrogens is 2. The van der Waals surface area contributed by atoms with Gasteiger partial charge in [0, 0.05) is 5.39 Å². The van der Waals surface area contributed by atoms with E-state index in [1.165, 1.54) is 6.92 Å². The molecule has 0 saturated heterocycles. The molecule has 4 heteroatoms. The summed E-state index contributed by atoms with van der Waals surface area (Å²) in [4.78, 5) is 11.1. The molecule has 0 atom stereocenters. The molecule has 0 unspecified atom stereocenters. The molecule has 1 N–H and O–H groups in total. The second kappa shape index (κ2) is 3.99. The van der Waals surface area contributed by atoms with Crippen LogP contribution >= 0.6 is 0 Å². The molecule has 0 aliphatic carbocycles. The van der Waals surface area contributed by atoms with E-state index >= 15 is 0 Å². The Morgan fingerprint density at radius 2 is 2.38 bits per heavy atom. The highest BCUT2D eigenvalue weighted by Gasteiger charge is 2.03. The van der Waals surface area contributed by atoms with Gasteiger partial charge >= 0.3 is 0 Å². The summed E-state index contributed by atoms with van der Waals surface area (Å²) >= 11 is 0. The SMILES string of the molecule is CC(=O)C(C#N)=Cc1ccc2[nH]ncc2c1. The average Bonchev–Trinajstić information content (AvgIpc) is 2.72. The lowest BCUT2D eigenvalue weighted by atomic mass is 10.1. The first-order chi connectivity index (χ1) is 7.70. The third-order valence-electron chi connectivity index (χ3n) is 2.28. The summed E-state index contributed by atoms with van der Waals surface area (Å²) in [5.74, 6) is -0.227. The van der Waals surface area contributed by atoms with Gasteiger partial charge in [0.2, 0.25) is 0 Å². The lowest BCUT2D eigenvalue weighted by Gasteiger charge is -1.95. The van der Waals surface area contributed by atoms with E-state index in [9.17, 15) is 4.79 Å². The summed E-state index contributed by atoms with van der Waals surface area (Å²) < 4.78 is 0. The molecule has 4 nitrogen and oxygen atoms in total. The molecule has 0 spiro atoms. The molecule has 0 aliphatic rings. The summed E-state index contributed by atoms with van der Waals surface area (Å²) in [6.07, 6.45) is 3.28. The third-order valence-corrected chi connectivity index (χ3v) is 2.28. The van der Waals surface area contributed by atoms with Gasteiger partial charge in [0.25, 0.3) is 0 Å². The van der Waals surface area contributed by atoms with Crippen LogP contribution in [0.4, 0.5) is 0 Å². The topological polar surface area (TPSA) is 69.5 Å². The minimum atomic E-state index is -0.227. The molecule has 0 fully saturated rings. The van der Waals surface area contributed by atoms with Crippen molar-refractivity contribution in [1.82, 2.24) is 10.2 Å². The minimum Gasteiger partial charge on any atom is -0.294 e. The molecule has 0 aliphatic heterocycles. The Balaban J connectivity index is 2.48. The van der Waals surface area contributed by atoms with Gasteiger partial charge in [-0.2, -0.15) is 10.4 Å². The zero-order chi connectivity index (χ0) is 11.5. The average molecular weight is 211 g/mol. The fraction of sp³-hybridized carbons (Fsp3) is 0.0833. The second-order valence-corrected chi connectivity index (χ2v) is 3.44. The summed E-state index contributed by atoms with van der Waals surface area (Å²) in [6, 6.07) is 7.45. The van der Waals surface area contributed by atoms with Crippen LogP contribution in [0.15, 0.2) is 30.0 Å². The molecule has 2 rings (SSSR count). The summed E-state index contributed by atoms with van der Waals surface area (Å²) in [5.41, 5.74) is 1.90. The monoisotopic (exact) mass is 211 g/mol. The number of Topliss-reactive ketones (excluding diaryl/α,β-unsaturated/α-hetero) is 1. The van der Waals surface area contributed by atoms with Gasteiger partial charge in [-0.1, -0.05) is 6.07 Å². The van der Waals surface area contributed by atoms with E-state index in [-0.39, 0.29) is 11.4 Å². The highest BCUT2D eigenvalue weighted by Crippen LogP contribution is 2.15. The van der Waals surface area contributed by atoms with Crippen LogP contribution in [0.1, 0.15) is 12.5 Å². The largest absolute Gasteiger partial charge is 0.294 e. The van der Waals surface area contributed by atoms with Crippen molar-refractivity contribution in [2.45, 2.75) is 6.92 Å². The van der Waals surface area contributed by atoms with E-state index in [0.29, 0.717) is 0 Å². The van der Waals surface area contributed by atoms with E-state index in [2.05, 4.69) is 10.2 Å². The van der Waals surface area contributed by atoms with Gasteiger partial charge < -0.3 is 0 Å². The molecular formula is C12H9N3O. The van der Waals surface area contributed by atoms with Gasteiger partial charge in [-0.3, -0.25) is 9.89 Å². The number of benzene rings is 1. The Labute approximate surface area is 92.2 Å². The number of ketones is 1. The van der Waals surface area contributed by atoms with Gasteiger partial charge in [-0.25, -0.2) is 0 Å². The number of hydrogen-bond acceptors (Lipinski definition) is 3. The molecule has 0 saturated carbocycles. The molecule has 1 aromatic carbocycles. The van der Waals surface area contributed by atoms with Crippen molar-refractivity contribution in [3.8, 4) is 6.07 Å². The fourth-order valence-corrected chi connectivity index (χ4v) is 1.43. The smallest absolute Gasteiger partial charge is 0.170 e. The number of fused-ring (bicyclic) bond motifs is 1. The first-order valence-electron chi connectivity index (χ1n) is 4.76. The maximum atomic E-state index is 11.1. The first kappa shape index (κ1) is 10.1. The van der Waals surface area contributed by atoms with Crippen molar-refractivity contribution in [1.29, 1.82) is 5.26 Å². The first-order valence-corrected chi connectivity index (χ1v) is 4.76. The Morgan fingerprint density at radius 1 is 1.56 bits per heavy atom. The van der Waals surface area contributed by atoms with E-state index < -0.39 is 0 Å². The number of carbonyl (C=O) groups excluding carboxylic acids is 1. The predicted octanol–water partition coefficient (Wildman–Crippen LogP) is 2.06. The number of hydrogen-bond donors (Lipinski definition) is 1. The van der Waals surface area contributed by atoms with Gasteiger partial charge in [0.05, 0.1) is 17.3 Å². The van der Waals surface area contributed by atoms with Crippen molar-refractivity contribution < 1.29 is 4.79 Å². The normalized spacial score (nSPS) is 11.4. The van der Waals surface area contributed by atoms with Crippen LogP contribution in [0.25, 0.3) is 17.0 Å². The number of allylic oxidation sites excluding steroid dienone is 1. The van der Waals surface area contributed by atoms with Crippen LogP contribution in [-0.4, -0.2) is 16.0 Å². The number of carbonyl (C=O) groups is 1. The van der Waals surface area contributed by atoms with Crippen LogP contribution in [0.5, 0.6) is 0 Å².